The topological polar surface area (TPSA) is 37.8 Å². The fourth-order valence-corrected chi connectivity index (χ4v) is 3.28. The highest BCUT2D eigenvalue weighted by atomic mass is 32.2. The van der Waals surface area contributed by atoms with Crippen LogP contribution in [-0.2, 0) is 6.42 Å². The molecule has 0 saturated heterocycles. The quantitative estimate of drug-likeness (QED) is 0.622. The molecule has 4 heteroatoms. The van der Waals surface area contributed by atoms with Crippen LogP contribution in [0.4, 0.5) is 0 Å². The van der Waals surface area contributed by atoms with E-state index >= 15 is 0 Å². The Morgan fingerprint density at radius 2 is 1.76 bits per heavy atom. The maximum absolute atomic E-state index is 4.31. The summed E-state index contributed by atoms with van der Waals surface area (Å²) in [4.78, 5) is 8.61. The van der Waals surface area contributed by atoms with E-state index in [1.165, 1.54) is 11.1 Å². The van der Waals surface area contributed by atoms with Crippen molar-refractivity contribution in [3.63, 3.8) is 0 Å². The second-order valence-electron chi connectivity index (χ2n) is 4.98. The zero-order valence-corrected chi connectivity index (χ0v) is 13.7. The molecular weight excluding hydrogens is 278 g/mol. The summed E-state index contributed by atoms with van der Waals surface area (Å²) >= 11 is 1.71. The van der Waals surface area contributed by atoms with Crippen molar-refractivity contribution in [3.8, 4) is 0 Å². The van der Waals surface area contributed by atoms with Gasteiger partial charge in [0, 0.05) is 23.7 Å². The molecule has 0 aliphatic rings. The number of hydrogen-bond acceptors (Lipinski definition) is 4. The van der Waals surface area contributed by atoms with E-state index in [0.717, 1.165) is 18.1 Å². The minimum atomic E-state index is 0.301. The van der Waals surface area contributed by atoms with Crippen molar-refractivity contribution in [2.24, 2.45) is 0 Å². The van der Waals surface area contributed by atoms with E-state index in [-0.39, 0.29) is 0 Å². The fraction of sp³-hybridized carbons (Fsp3) is 0.412. The van der Waals surface area contributed by atoms with Gasteiger partial charge in [0.05, 0.1) is 0 Å². The molecule has 2 atom stereocenters. The van der Waals surface area contributed by atoms with Crippen LogP contribution in [0.3, 0.4) is 0 Å². The molecule has 0 amide bonds. The summed E-state index contributed by atoms with van der Waals surface area (Å²) in [6.07, 6.45) is 4.66. The zero-order chi connectivity index (χ0) is 15.1. The van der Waals surface area contributed by atoms with Gasteiger partial charge in [0.25, 0.3) is 0 Å². The average Bonchev–Trinajstić information content (AvgIpc) is 2.53. The highest BCUT2D eigenvalue weighted by Crippen LogP contribution is 2.30. The van der Waals surface area contributed by atoms with E-state index in [1.54, 1.807) is 24.2 Å². The lowest BCUT2D eigenvalue weighted by Crippen LogP contribution is -2.28. The molecule has 2 unspecified atom stereocenters. The minimum absolute atomic E-state index is 0.301. The Morgan fingerprint density at radius 3 is 2.33 bits per heavy atom. The molecule has 0 fully saturated rings. The third-order valence-electron chi connectivity index (χ3n) is 3.47. The number of nitrogens with one attached hydrogen (secondary N) is 1. The van der Waals surface area contributed by atoms with Crippen molar-refractivity contribution in [2.75, 3.05) is 6.54 Å². The highest BCUT2D eigenvalue weighted by molar-refractivity contribution is 7.99. The van der Waals surface area contributed by atoms with Gasteiger partial charge in [-0.1, -0.05) is 56.8 Å². The van der Waals surface area contributed by atoms with Gasteiger partial charge in [0.1, 0.15) is 0 Å². The molecule has 1 aromatic carbocycles. The molecule has 21 heavy (non-hydrogen) atoms. The molecule has 0 aliphatic heterocycles. The maximum atomic E-state index is 4.31. The van der Waals surface area contributed by atoms with E-state index in [1.807, 2.05) is 6.07 Å². The van der Waals surface area contributed by atoms with Crippen molar-refractivity contribution in [1.29, 1.82) is 0 Å². The first kappa shape index (κ1) is 16.0. The van der Waals surface area contributed by atoms with Crippen molar-refractivity contribution in [2.45, 2.75) is 43.6 Å². The van der Waals surface area contributed by atoms with Crippen LogP contribution >= 0.6 is 11.8 Å². The Kier molecular flexibility index (Phi) is 6.21. The monoisotopic (exact) mass is 301 g/mol. The second kappa shape index (κ2) is 8.15. The lowest BCUT2D eigenvalue weighted by Gasteiger charge is -2.24. The smallest absolute Gasteiger partial charge is 0.187 e. The van der Waals surface area contributed by atoms with Crippen LogP contribution in [0.5, 0.6) is 0 Å². The summed E-state index contributed by atoms with van der Waals surface area (Å²) in [5.41, 5.74) is 2.70. The van der Waals surface area contributed by atoms with Crippen molar-refractivity contribution >= 4 is 11.8 Å². The summed E-state index contributed by atoms with van der Waals surface area (Å²) in [6, 6.07) is 11.0. The molecule has 0 spiro atoms. The normalized spacial score (nSPS) is 13.9. The zero-order valence-electron chi connectivity index (χ0n) is 12.9. The van der Waals surface area contributed by atoms with E-state index in [2.05, 4.69) is 60.3 Å². The second-order valence-corrected chi connectivity index (χ2v) is 6.33. The summed E-state index contributed by atoms with van der Waals surface area (Å²) in [7, 11) is 0. The number of aryl methyl sites for hydroxylation is 1. The molecular formula is C17H23N3S. The maximum Gasteiger partial charge on any atom is 0.187 e. The van der Waals surface area contributed by atoms with Gasteiger partial charge in [-0.3, -0.25) is 0 Å². The predicted molar refractivity (Wildman–Crippen MR) is 89.6 cm³/mol. The van der Waals surface area contributed by atoms with Crippen LogP contribution in [0.1, 0.15) is 37.9 Å². The molecule has 3 nitrogen and oxygen atoms in total. The summed E-state index contributed by atoms with van der Waals surface area (Å²) in [5.74, 6) is 0. The Balaban J connectivity index is 2.13. The van der Waals surface area contributed by atoms with Crippen LogP contribution in [0.15, 0.2) is 47.9 Å². The van der Waals surface area contributed by atoms with Crippen molar-refractivity contribution in [1.82, 2.24) is 15.3 Å². The Bertz CT molecular complexity index is 527. The molecule has 0 saturated carbocycles. The first-order valence-electron chi connectivity index (χ1n) is 7.50. The van der Waals surface area contributed by atoms with E-state index < -0.39 is 0 Å². The minimum Gasteiger partial charge on any atom is -0.309 e. The number of nitrogens with zero attached hydrogens (tertiary/aromatic N) is 2. The largest absolute Gasteiger partial charge is 0.309 e. The van der Waals surface area contributed by atoms with Crippen molar-refractivity contribution < 1.29 is 0 Å². The molecule has 112 valence electrons. The van der Waals surface area contributed by atoms with Gasteiger partial charge in [0.2, 0.25) is 0 Å². The number of benzene rings is 1. The number of aromatic nitrogens is 2. The standard InChI is InChI=1S/C17H23N3S/c1-4-14-7-9-15(10-8-14)16(18-5-2)13(3)21-17-19-11-6-12-20-17/h6-13,16,18H,4-5H2,1-3H3. The molecule has 1 heterocycles. The average molecular weight is 301 g/mol. The van der Waals surface area contributed by atoms with Crippen LogP contribution in [0, 0.1) is 0 Å². The molecule has 2 aromatic rings. The molecule has 1 N–H and O–H groups in total. The summed E-state index contributed by atoms with van der Waals surface area (Å²) in [5, 5.41) is 4.77. The number of rotatable bonds is 7. The summed E-state index contributed by atoms with van der Waals surface area (Å²) in [6.45, 7) is 7.49. The van der Waals surface area contributed by atoms with E-state index in [4.69, 9.17) is 0 Å². The van der Waals surface area contributed by atoms with Crippen molar-refractivity contribution in [3.05, 3.63) is 53.9 Å². The highest BCUT2D eigenvalue weighted by Gasteiger charge is 2.20. The number of thioether (sulfide) groups is 1. The SMILES string of the molecule is CCNC(c1ccc(CC)cc1)C(C)Sc1ncccn1. The Labute approximate surface area is 131 Å². The van der Waals surface area contributed by atoms with Crippen LogP contribution in [0.25, 0.3) is 0 Å². The van der Waals surface area contributed by atoms with E-state index in [0.29, 0.717) is 11.3 Å². The Hall–Kier alpha value is -1.39. The lowest BCUT2D eigenvalue weighted by molar-refractivity contribution is 0.547. The van der Waals surface area contributed by atoms with E-state index in [9.17, 15) is 0 Å². The molecule has 2 rings (SSSR count). The number of hydrogen-bond donors (Lipinski definition) is 1. The van der Waals surface area contributed by atoms with Gasteiger partial charge in [-0.15, -0.1) is 0 Å². The first-order chi connectivity index (χ1) is 10.2. The van der Waals surface area contributed by atoms with Gasteiger partial charge in [-0.2, -0.15) is 0 Å². The molecule has 0 radical (unpaired) electrons. The lowest BCUT2D eigenvalue weighted by atomic mass is 10.0. The van der Waals surface area contributed by atoms with Crippen LogP contribution in [0.2, 0.25) is 0 Å². The van der Waals surface area contributed by atoms with Crippen LogP contribution < -0.4 is 5.32 Å². The third-order valence-corrected chi connectivity index (χ3v) is 4.54. The van der Waals surface area contributed by atoms with Crippen LogP contribution in [-0.4, -0.2) is 21.8 Å². The van der Waals surface area contributed by atoms with Gasteiger partial charge >= 0.3 is 0 Å². The fourth-order valence-electron chi connectivity index (χ4n) is 2.32. The summed E-state index contributed by atoms with van der Waals surface area (Å²) < 4.78 is 0. The predicted octanol–water partition coefficient (Wildman–Crippen LogP) is 3.87. The Morgan fingerprint density at radius 1 is 1.10 bits per heavy atom. The van der Waals surface area contributed by atoms with Gasteiger partial charge in [0.15, 0.2) is 5.16 Å². The van der Waals surface area contributed by atoms with Gasteiger partial charge in [-0.25, -0.2) is 9.97 Å². The molecule has 0 bridgehead atoms. The van der Waals surface area contributed by atoms with Gasteiger partial charge < -0.3 is 5.32 Å². The van der Waals surface area contributed by atoms with Gasteiger partial charge in [-0.05, 0) is 30.2 Å². The molecule has 0 aliphatic carbocycles. The molecule has 1 aromatic heterocycles. The first-order valence-corrected chi connectivity index (χ1v) is 8.38. The third kappa shape index (κ3) is 4.55.